The Kier molecular flexibility index (Phi) is 5.68. The van der Waals surface area contributed by atoms with Crippen molar-refractivity contribution in [2.24, 2.45) is 0 Å². The number of hydrogen-bond acceptors (Lipinski definition) is 3. The number of amides is 1. The van der Waals surface area contributed by atoms with Crippen LogP contribution in [0.15, 0.2) is 59.7 Å². The summed E-state index contributed by atoms with van der Waals surface area (Å²) < 4.78 is 68.0. The van der Waals surface area contributed by atoms with E-state index in [9.17, 15) is 31.5 Å². The second kappa shape index (κ2) is 8.05. The van der Waals surface area contributed by atoms with Crippen molar-refractivity contribution in [1.82, 2.24) is 14.9 Å². The van der Waals surface area contributed by atoms with E-state index in [-0.39, 0.29) is 16.8 Å². The molecule has 0 radical (unpaired) electrons. The Bertz CT molecular complexity index is 1120. The molecule has 10 heteroatoms. The SMILES string of the molecule is CN(C(=O)c1ccc(=O)[nH]c1)[C@@H](c1cc(F)cc(C(F)(F)F)c1)c1ncccc1F. The van der Waals surface area contributed by atoms with E-state index >= 15 is 0 Å². The third-order valence-electron chi connectivity index (χ3n) is 4.35. The van der Waals surface area contributed by atoms with Crippen molar-refractivity contribution >= 4 is 5.91 Å². The van der Waals surface area contributed by atoms with E-state index in [4.69, 9.17) is 0 Å². The molecule has 0 fully saturated rings. The molecule has 1 atom stereocenters. The first-order chi connectivity index (χ1) is 14.1. The quantitative estimate of drug-likeness (QED) is 0.647. The summed E-state index contributed by atoms with van der Waals surface area (Å²) >= 11 is 0. The largest absolute Gasteiger partial charge is 0.416 e. The zero-order valence-corrected chi connectivity index (χ0v) is 15.4. The minimum absolute atomic E-state index is 0.00844. The van der Waals surface area contributed by atoms with Crippen LogP contribution in [0, 0.1) is 11.6 Å². The van der Waals surface area contributed by atoms with Gasteiger partial charge in [-0.25, -0.2) is 8.78 Å². The van der Waals surface area contributed by atoms with Crippen LogP contribution in [0.5, 0.6) is 0 Å². The second-order valence-electron chi connectivity index (χ2n) is 6.40. The molecule has 2 heterocycles. The van der Waals surface area contributed by atoms with Gasteiger partial charge in [0.25, 0.3) is 5.91 Å². The molecule has 0 saturated heterocycles. The first kappa shape index (κ1) is 21.2. The van der Waals surface area contributed by atoms with Gasteiger partial charge < -0.3 is 9.88 Å². The summed E-state index contributed by atoms with van der Waals surface area (Å²) in [6.45, 7) is 0. The predicted octanol–water partition coefficient (Wildman–Crippen LogP) is 3.93. The van der Waals surface area contributed by atoms with Crippen molar-refractivity contribution in [3.05, 3.63) is 99.2 Å². The maximum atomic E-state index is 14.5. The number of halogens is 5. The van der Waals surface area contributed by atoms with Gasteiger partial charge in [-0.2, -0.15) is 13.2 Å². The molecule has 2 aromatic heterocycles. The first-order valence-corrected chi connectivity index (χ1v) is 8.52. The Morgan fingerprint density at radius 1 is 1.13 bits per heavy atom. The van der Waals surface area contributed by atoms with Gasteiger partial charge in [0.1, 0.15) is 23.4 Å². The van der Waals surface area contributed by atoms with Gasteiger partial charge in [-0.15, -0.1) is 0 Å². The highest BCUT2D eigenvalue weighted by Crippen LogP contribution is 2.35. The van der Waals surface area contributed by atoms with Crippen molar-refractivity contribution in [3.8, 4) is 0 Å². The fraction of sp³-hybridized carbons (Fsp3) is 0.150. The number of hydrogen-bond donors (Lipinski definition) is 1. The Morgan fingerprint density at radius 2 is 1.87 bits per heavy atom. The normalized spacial score (nSPS) is 12.5. The third-order valence-corrected chi connectivity index (χ3v) is 4.35. The predicted molar refractivity (Wildman–Crippen MR) is 96.6 cm³/mol. The highest BCUT2D eigenvalue weighted by molar-refractivity contribution is 5.94. The summed E-state index contributed by atoms with van der Waals surface area (Å²) in [6.07, 6.45) is -2.54. The number of rotatable bonds is 4. The minimum atomic E-state index is -4.86. The van der Waals surface area contributed by atoms with Crippen LogP contribution in [0.4, 0.5) is 22.0 Å². The van der Waals surface area contributed by atoms with E-state index in [0.717, 1.165) is 29.3 Å². The number of carbonyl (C=O) groups is 1. The molecule has 1 N–H and O–H groups in total. The lowest BCUT2D eigenvalue weighted by Crippen LogP contribution is -2.33. The number of nitrogens with one attached hydrogen (secondary N) is 1. The van der Waals surface area contributed by atoms with Gasteiger partial charge in [0.05, 0.1) is 11.1 Å². The van der Waals surface area contributed by atoms with Crippen LogP contribution in [0.1, 0.15) is 33.2 Å². The van der Waals surface area contributed by atoms with Crippen molar-refractivity contribution in [2.45, 2.75) is 12.2 Å². The molecule has 0 aliphatic carbocycles. The van der Waals surface area contributed by atoms with Crippen LogP contribution in [0.3, 0.4) is 0 Å². The number of carbonyl (C=O) groups excluding carboxylic acids is 1. The molecule has 0 spiro atoms. The number of nitrogens with zero attached hydrogens (tertiary/aromatic N) is 2. The molecule has 1 aromatic carbocycles. The molecule has 0 unspecified atom stereocenters. The van der Waals surface area contributed by atoms with Crippen LogP contribution in [0.25, 0.3) is 0 Å². The molecule has 0 aliphatic rings. The summed E-state index contributed by atoms with van der Waals surface area (Å²) in [5, 5.41) is 0. The molecule has 3 rings (SSSR count). The van der Waals surface area contributed by atoms with E-state index in [1.54, 1.807) is 0 Å². The van der Waals surface area contributed by atoms with Crippen molar-refractivity contribution in [1.29, 1.82) is 0 Å². The standard InChI is InChI=1S/C20H14F5N3O2/c1-28(19(30)11-4-5-16(29)27-10-11)18(17-15(22)3-2-6-26-17)12-7-13(20(23,24)25)9-14(21)8-12/h2-10,18H,1H3,(H,27,29)/t18-/m0/s1. The van der Waals surface area contributed by atoms with Crippen LogP contribution in [0.2, 0.25) is 0 Å². The molecule has 0 saturated carbocycles. The summed E-state index contributed by atoms with van der Waals surface area (Å²) in [7, 11) is 1.21. The Morgan fingerprint density at radius 3 is 2.47 bits per heavy atom. The molecule has 0 aliphatic heterocycles. The number of benzene rings is 1. The third kappa shape index (κ3) is 4.37. The highest BCUT2D eigenvalue weighted by atomic mass is 19.4. The summed E-state index contributed by atoms with van der Waals surface area (Å²) in [4.78, 5) is 31.2. The lowest BCUT2D eigenvalue weighted by molar-refractivity contribution is -0.137. The molecule has 3 aromatic rings. The van der Waals surface area contributed by atoms with Crippen LogP contribution < -0.4 is 5.56 Å². The van der Waals surface area contributed by atoms with E-state index in [0.29, 0.717) is 12.1 Å². The van der Waals surface area contributed by atoms with Gasteiger partial charge in [-0.1, -0.05) is 0 Å². The molecule has 1 amide bonds. The summed E-state index contributed by atoms with van der Waals surface area (Å²) in [5.74, 6) is -2.84. The topological polar surface area (TPSA) is 66.1 Å². The second-order valence-corrected chi connectivity index (χ2v) is 6.40. The van der Waals surface area contributed by atoms with Crippen molar-refractivity contribution in [2.75, 3.05) is 7.05 Å². The zero-order chi connectivity index (χ0) is 22.1. The average molecular weight is 423 g/mol. The Balaban J connectivity index is 2.16. The molecule has 30 heavy (non-hydrogen) atoms. The molecular weight excluding hydrogens is 409 g/mol. The fourth-order valence-electron chi connectivity index (χ4n) is 2.96. The molecule has 5 nitrogen and oxygen atoms in total. The van der Waals surface area contributed by atoms with E-state index in [1.807, 2.05) is 0 Å². The number of aromatic nitrogens is 2. The van der Waals surface area contributed by atoms with Gasteiger partial charge in [-0.3, -0.25) is 14.6 Å². The molecular formula is C20H14F5N3O2. The van der Waals surface area contributed by atoms with Crippen molar-refractivity contribution in [3.63, 3.8) is 0 Å². The molecule has 156 valence electrons. The smallest absolute Gasteiger partial charge is 0.329 e. The Hall–Kier alpha value is -3.56. The van der Waals surface area contributed by atoms with Crippen LogP contribution in [-0.4, -0.2) is 27.8 Å². The number of H-pyrrole nitrogens is 1. The number of aromatic amines is 1. The lowest BCUT2D eigenvalue weighted by Gasteiger charge is -2.29. The fourth-order valence-corrected chi connectivity index (χ4v) is 2.96. The van der Waals surface area contributed by atoms with Gasteiger partial charge >= 0.3 is 6.18 Å². The van der Waals surface area contributed by atoms with Crippen LogP contribution in [-0.2, 0) is 6.18 Å². The van der Waals surface area contributed by atoms with Crippen LogP contribution >= 0.6 is 0 Å². The van der Waals surface area contributed by atoms with Gasteiger partial charge in [-0.05, 0) is 42.0 Å². The van der Waals surface area contributed by atoms with Gasteiger partial charge in [0, 0.05) is 25.5 Å². The lowest BCUT2D eigenvalue weighted by atomic mass is 9.98. The number of pyridine rings is 2. The van der Waals surface area contributed by atoms with E-state index < -0.39 is 40.9 Å². The van der Waals surface area contributed by atoms with E-state index in [2.05, 4.69) is 9.97 Å². The van der Waals surface area contributed by atoms with Crippen molar-refractivity contribution < 1.29 is 26.7 Å². The summed E-state index contributed by atoms with van der Waals surface area (Å²) in [5.41, 5.74) is -2.45. The maximum Gasteiger partial charge on any atom is 0.416 e. The Labute approximate surface area is 166 Å². The molecule has 0 bridgehead atoms. The monoisotopic (exact) mass is 423 g/mol. The minimum Gasteiger partial charge on any atom is -0.329 e. The van der Waals surface area contributed by atoms with Gasteiger partial charge in [0.2, 0.25) is 5.56 Å². The summed E-state index contributed by atoms with van der Waals surface area (Å²) in [6, 6.07) is 4.84. The van der Waals surface area contributed by atoms with Gasteiger partial charge in [0.15, 0.2) is 0 Å². The number of alkyl halides is 3. The average Bonchev–Trinajstić information content (AvgIpc) is 2.68. The first-order valence-electron chi connectivity index (χ1n) is 8.52. The maximum absolute atomic E-state index is 14.5. The van der Waals surface area contributed by atoms with E-state index in [1.165, 1.54) is 25.4 Å². The zero-order valence-electron chi connectivity index (χ0n) is 15.4. The highest BCUT2D eigenvalue weighted by Gasteiger charge is 2.34.